The van der Waals surface area contributed by atoms with Crippen LogP contribution in [0.2, 0.25) is 0 Å². The second-order valence-corrected chi connectivity index (χ2v) is 8.11. The molecule has 1 aliphatic rings. The number of thiophene rings is 1. The third-order valence-electron chi connectivity index (χ3n) is 3.94. The molecule has 1 fully saturated rings. The number of hydrogen-bond acceptors (Lipinski definition) is 5. The highest BCUT2D eigenvalue weighted by molar-refractivity contribution is 7.89. The van der Waals surface area contributed by atoms with Gasteiger partial charge in [0.1, 0.15) is 6.07 Å². The summed E-state index contributed by atoms with van der Waals surface area (Å²) >= 11 is 1.67. The van der Waals surface area contributed by atoms with Gasteiger partial charge in [-0.2, -0.15) is 20.9 Å². The lowest BCUT2D eigenvalue weighted by Gasteiger charge is -2.33. The highest BCUT2D eigenvalue weighted by atomic mass is 32.2. The first-order valence-corrected chi connectivity index (χ1v) is 9.72. The molecule has 120 valence electrons. The fourth-order valence-electron chi connectivity index (χ4n) is 2.69. The van der Waals surface area contributed by atoms with Crippen molar-refractivity contribution in [1.82, 2.24) is 9.21 Å². The van der Waals surface area contributed by atoms with Gasteiger partial charge in [-0.05, 0) is 34.5 Å². The number of piperazine rings is 1. The van der Waals surface area contributed by atoms with Gasteiger partial charge < -0.3 is 0 Å². The highest BCUT2D eigenvalue weighted by Crippen LogP contribution is 2.21. The number of hydrogen-bond donors (Lipinski definition) is 0. The molecule has 1 aromatic heterocycles. The smallest absolute Gasteiger partial charge is 0.244 e. The Kier molecular flexibility index (Phi) is 4.78. The van der Waals surface area contributed by atoms with E-state index in [1.54, 1.807) is 29.5 Å². The van der Waals surface area contributed by atoms with Gasteiger partial charge in [-0.3, -0.25) is 4.90 Å². The van der Waals surface area contributed by atoms with Crippen LogP contribution in [0.15, 0.2) is 46.0 Å². The Morgan fingerprint density at radius 2 is 1.87 bits per heavy atom. The molecule has 1 aromatic carbocycles. The van der Waals surface area contributed by atoms with E-state index in [-0.39, 0.29) is 10.5 Å². The Labute approximate surface area is 140 Å². The van der Waals surface area contributed by atoms with Crippen LogP contribution < -0.4 is 0 Å². The summed E-state index contributed by atoms with van der Waals surface area (Å²) in [4.78, 5) is 2.36. The zero-order chi connectivity index (χ0) is 16.3. The minimum Gasteiger partial charge on any atom is -0.296 e. The lowest BCUT2D eigenvalue weighted by Crippen LogP contribution is -2.48. The van der Waals surface area contributed by atoms with Crippen molar-refractivity contribution in [2.75, 3.05) is 26.2 Å². The zero-order valence-corrected chi connectivity index (χ0v) is 14.2. The van der Waals surface area contributed by atoms with Gasteiger partial charge in [0.2, 0.25) is 10.0 Å². The molecule has 0 aliphatic carbocycles. The molecule has 5 nitrogen and oxygen atoms in total. The second-order valence-electron chi connectivity index (χ2n) is 5.42. The highest BCUT2D eigenvalue weighted by Gasteiger charge is 2.30. The monoisotopic (exact) mass is 347 g/mol. The summed E-state index contributed by atoms with van der Waals surface area (Å²) in [6.07, 6.45) is 0. The molecule has 7 heteroatoms. The number of benzene rings is 1. The van der Waals surface area contributed by atoms with Gasteiger partial charge in [-0.15, -0.1) is 0 Å². The van der Waals surface area contributed by atoms with Gasteiger partial charge >= 0.3 is 0 Å². The molecule has 3 rings (SSSR count). The maximum atomic E-state index is 12.7. The van der Waals surface area contributed by atoms with E-state index in [1.807, 2.05) is 6.07 Å². The zero-order valence-electron chi connectivity index (χ0n) is 12.6. The van der Waals surface area contributed by atoms with Gasteiger partial charge in [-0.1, -0.05) is 12.1 Å². The van der Waals surface area contributed by atoms with E-state index in [0.29, 0.717) is 26.2 Å². The third-order valence-corrected chi connectivity index (χ3v) is 6.63. The predicted octanol–water partition coefficient (Wildman–Crippen LogP) is 2.13. The third kappa shape index (κ3) is 3.46. The molecular weight excluding hydrogens is 330 g/mol. The quantitative estimate of drug-likeness (QED) is 0.850. The molecule has 1 saturated heterocycles. The fraction of sp³-hybridized carbons (Fsp3) is 0.312. The molecule has 0 bridgehead atoms. The predicted molar refractivity (Wildman–Crippen MR) is 89.5 cm³/mol. The molecule has 0 unspecified atom stereocenters. The van der Waals surface area contributed by atoms with Crippen molar-refractivity contribution in [1.29, 1.82) is 5.26 Å². The minimum atomic E-state index is -3.60. The first-order chi connectivity index (χ1) is 11.1. The molecule has 0 N–H and O–H groups in total. The number of sulfonamides is 1. The topological polar surface area (TPSA) is 64.4 Å². The van der Waals surface area contributed by atoms with Crippen molar-refractivity contribution < 1.29 is 8.42 Å². The van der Waals surface area contributed by atoms with E-state index in [4.69, 9.17) is 5.26 Å². The van der Waals surface area contributed by atoms with Crippen LogP contribution in [-0.4, -0.2) is 43.8 Å². The SMILES string of the molecule is N#Cc1ccccc1S(=O)(=O)N1CCN(Cc2ccsc2)CC1. The summed E-state index contributed by atoms with van der Waals surface area (Å²) < 4.78 is 27.0. The van der Waals surface area contributed by atoms with Crippen LogP contribution in [0.5, 0.6) is 0 Å². The number of rotatable bonds is 4. The number of nitrogens with zero attached hydrogens (tertiary/aromatic N) is 3. The standard InChI is InChI=1S/C16H17N3O2S2/c17-11-15-3-1-2-4-16(15)23(20,21)19-8-6-18(7-9-19)12-14-5-10-22-13-14/h1-5,10,13H,6-9,12H2. The van der Waals surface area contributed by atoms with Crippen molar-refractivity contribution >= 4 is 21.4 Å². The first kappa shape index (κ1) is 16.1. The molecular formula is C16H17N3O2S2. The summed E-state index contributed by atoms with van der Waals surface area (Å²) in [5, 5.41) is 13.3. The van der Waals surface area contributed by atoms with Crippen molar-refractivity contribution in [2.24, 2.45) is 0 Å². The van der Waals surface area contributed by atoms with Crippen LogP contribution in [0.3, 0.4) is 0 Å². The fourth-order valence-corrected chi connectivity index (χ4v) is 4.92. The minimum absolute atomic E-state index is 0.105. The number of nitriles is 1. The molecule has 23 heavy (non-hydrogen) atoms. The average molecular weight is 347 g/mol. The first-order valence-electron chi connectivity index (χ1n) is 7.34. The molecule has 0 amide bonds. The molecule has 0 radical (unpaired) electrons. The van der Waals surface area contributed by atoms with Crippen LogP contribution in [0.1, 0.15) is 11.1 Å². The summed E-state index contributed by atoms with van der Waals surface area (Å²) in [6.45, 7) is 3.15. The van der Waals surface area contributed by atoms with E-state index >= 15 is 0 Å². The van der Waals surface area contributed by atoms with Crippen LogP contribution in [0.25, 0.3) is 0 Å². The van der Waals surface area contributed by atoms with E-state index in [1.165, 1.54) is 15.9 Å². The molecule has 0 spiro atoms. The van der Waals surface area contributed by atoms with Crippen molar-refractivity contribution in [3.8, 4) is 6.07 Å². The van der Waals surface area contributed by atoms with E-state index in [9.17, 15) is 8.42 Å². The summed E-state index contributed by atoms with van der Waals surface area (Å²) in [5.41, 5.74) is 1.47. The van der Waals surface area contributed by atoms with Gasteiger partial charge in [0, 0.05) is 32.7 Å². The second kappa shape index (κ2) is 6.81. The van der Waals surface area contributed by atoms with Crippen LogP contribution in [0, 0.1) is 11.3 Å². The van der Waals surface area contributed by atoms with Gasteiger partial charge in [-0.25, -0.2) is 8.42 Å². The van der Waals surface area contributed by atoms with Crippen molar-refractivity contribution in [3.63, 3.8) is 0 Å². The van der Waals surface area contributed by atoms with Gasteiger partial charge in [0.15, 0.2) is 0 Å². The van der Waals surface area contributed by atoms with Crippen molar-refractivity contribution in [3.05, 3.63) is 52.2 Å². The summed E-state index contributed by atoms with van der Waals surface area (Å²) in [5.74, 6) is 0. The van der Waals surface area contributed by atoms with Crippen LogP contribution in [-0.2, 0) is 16.6 Å². The van der Waals surface area contributed by atoms with E-state index < -0.39 is 10.0 Å². The van der Waals surface area contributed by atoms with E-state index in [0.717, 1.165) is 6.54 Å². The Morgan fingerprint density at radius 1 is 1.13 bits per heavy atom. The molecule has 0 saturated carbocycles. The summed E-state index contributed by atoms with van der Waals surface area (Å²) in [7, 11) is -3.60. The Hall–Kier alpha value is -1.72. The van der Waals surface area contributed by atoms with Crippen LogP contribution in [0.4, 0.5) is 0 Å². The molecule has 2 heterocycles. The Bertz CT molecular complexity index is 802. The normalized spacial score (nSPS) is 17.0. The molecule has 0 atom stereocenters. The summed E-state index contributed by atoms with van der Waals surface area (Å²) in [6, 6.07) is 10.4. The Morgan fingerprint density at radius 3 is 2.52 bits per heavy atom. The molecule has 1 aliphatic heterocycles. The maximum Gasteiger partial charge on any atom is 0.244 e. The molecule has 2 aromatic rings. The lowest BCUT2D eigenvalue weighted by atomic mass is 10.2. The van der Waals surface area contributed by atoms with E-state index in [2.05, 4.69) is 21.7 Å². The van der Waals surface area contributed by atoms with Crippen molar-refractivity contribution in [2.45, 2.75) is 11.4 Å². The average Bonchev–Trinajstić information content (AvgIpc) is 3.08. The van der Waals surface area contributed by atoms with Gasteiger partial charge in [0.05, 0.1) is 10.5 Å². The lowest BCUT2D eigenvalue weighted by molar-refractivity contribution is 0.182. The maximum absolute atomic E-state index is 12.7. The van der Waals surface area contributed by atoms with Crippen LogP contribution >= 0.6 is 11.3 Å². The largest absolute Gasteiger partial charge is 0.296 e. The van der Waals surface area contributed by atoms with Gasteiger partial charge in [0.25, 0.3) is 0 Å². The Balaban J connectivity index is 1.70.